The van der Waals surface area contributed by atoms with Gasteiger partial charge in [0.25, 0.3) is 0 Å². The van der Waals surface area contributed by atoms with Crippen LogP contribution in [0.4, 0.5) is 4.79 Å². The monoisotopic (exact) mass is 231 g/mol. The number of aliphatic carboxylic acids is 1. The van der Waals surface area contributed by atoms with Crippen LogP contribution >= 0.6 is 0 Å². The standard InChI is InChI=1S/C10H21N3O3/c1-3-5-8(9(14)15)13-10(16)12-7-4-6-11-2/h8,11H,3-7H2,1-2H3,(H,14,15)(H2,12,13,16). The quantitative estimate of drug-likeness (QED) is 0.447. The zero-order valence-corrected chi connectivity index (χ0v) is 9.88. The van der Waals surface area contributed by atoms with E-state index in [9.17, 15) is 9.59 Å². The largest absolute Gasteiger partial charge is 0.480 e. The average molecular weight is 231 g/mol. The molecule has 2 amide bonds. The highest BCUT2D eigenvalue weighted by molar-refractivity contribution is 5.82. The van der Waals surface area contributed by atoms with E-state index in [1.165, 1.54) is 0 Å². The zero-order chi connectivity index (χ0) is 12.4. The van der Waals surface area contributed by atoms with Gasteiger partial charge in [-0.3, -0.25) is 0 Å². The molecular formula is C10H21N3O3. The van der Waals surface area contributed by atoms with Gasteiger partial charge in [-0.25, -0.2) is 9.59 Å². The normalized spacial score (nSPS) is 11.9. The second-order valence-electron chi connectivity index (χ2n) is 3.54. The van der Waals surface area contributed by atoms with Crippen molar-refractivity contribution in [3.05, 3.63) is 0 Å². The Morgan fingerprint density at radius 1 is 1.31 bits per heavy atom. The first kappa shape index (κ1) is 14.7. The van der Waals surface area contributed by atoms with Crippen LogP contribution in [0.15, 0.2) is 0 Å². The summed E-state index contributed by atoms with van der Waals surface area (Å²) in [5.74, 6) is -0.993. The topological polar surface area (TPSA) is 90.5 Å². The Balaban J connectivity index is 3.77. The maximum Gasteiger partial charge on any atom is 0.326 e. The van der Waals surface area contributed by atoms with Crippen molar-refractivity contribution in [2.24, 2.45) is 0 Å². The molecule has 0 spiro atoms. The highest BCUT2D eigenvalue weighted by atomic mass is 16.4. The van der Waals surface area contributed by atoms with Crippen LogP contribution in [0.3, 0.4) is 0 Å². The average Bonchev–Trinajstić information content (AvgIpc) is 2.23. The number of urea groups is 1. The number of carbonyl (C=O) groups is 2. The van der Waals surface area contributed by atoms with E-state index in [4.69, 9.17) is 5.11 Å². The molecule has 0 aromatic heterocycles. The minimum absolute atomic E-state index is 0.419. The van der Waals surface area contributed by atoms with Crippen molar-refractivity contribution in [3.8, 4) is 0 Å². The highest BCUT2D eigenvalue weighted by Gasteiger charge is 2.17. The van der Waals surface area contributed by atoms with Crippen molar-refractivity contribution >= 4 is 12.0 Å². The number of carbonyl (C=O) groups excluding carboxylic acids is 1. The Kier molecular flexibility index (Phi) is 8.24. The van der Waals surface area contributed by atoms with E-state index < -0.39 is 18.0 Å². The Hall–Kier alpha value is -1.30. The molecule has 0 saturated carbocycles. The van der Waals surface area contributed by atoms with Gasteiger partial charge >= 0.3 is 12.0 Å². The maximum atomic E-state index is 11.3. The first-order valence-corrected chi connectivity index (χ1v) is 5.53. The number of carboxylic acids is 1. The van der Waals surface area contributed by atoms with Crippen molar-refractivity contribution in [1.82, 2.24) is 16.0 Å². The van der Waals surface area contributed by atoms with Crippen LogP contribution in [0.2, 0.25) is 0 Å². The molecule has 0 saturated heterocycles. The lowest BCUT2D eigenvalue weighted by Crippen LogP contribution is -2.46. The van der Waals surface area contributed by atoms with Crippen molar-refractivity contribution < 1.29 is 14.7 Å². The molecule has 94 valence electrons. The summed E-state index contributed by atoms with van der Waals surface area (Å²) in [5, 5.41) is 16.8. The minimum atomic E-state index is -0.993. The fourth-order valence-electron chi connectivity index (χ4n) is 1.22. The van der Waals surface area contributed by atoms with Crippen LogP contribution in [0.5, 0.6) is 0 Å². The number of amides is 2. The van der Waals surface area contributed by atoms with Gasteiger partial charge in [-0.1, -0.05) is 13.3 Å². The molecule has 0 aromatic carbocycles. The molecular weight excluding hydrogens is 210 g/mol. The lowest BCUT2D eigenvalue weighted by molar-refractivity contribution is -0.139. The van der Waals surface area contributed by atoms with E-state index in [2.05, 4.69) is 16.0 Å². The summed E-state index contributed by atoms with van der Waals surface area (Å²) in [4.78, 5) is 22.0. The number of nitrogens with one attached hydrogen (secondary N) is 3. The summed E-state index contributed by atoms with van der Waals surface area (Å²) in [5.41, 5.74) is 0. The number of hydrogen-bond donors (Lipinski definition) is 4. The number of carboxylic acid groups (broad SMARTS) is 1. The smallest absolute Gasteiger partial charge is 0.326 e. The number of hydrogen-bond acceptors (Lipinski definition) is 3. The van der Waals surface area contributed by atoms with Gasteiger partial charge in [-0.2, -0.15) is 0 Å². The van der Waals surface area contributed by atoms with Gasteiger partial charge in [0.05, 0.1) is 0 Å². The third-order valence-corrected chi connectivity index (χ3v) is 2.07. The Labute approximate surface area is 95.8 Å². The molecule has 6 heteroatoms. The molecule has 0 aliphatic carbocycles. The maximum absolute atomic E-state index is 11.3. The zero-order valence-electron chi connectivity index (χ0n) is 9.88. The summed E-state index contributed by atoms with van der Waals surface area (Å²) in [6.07, 6.45) is 1.98. The molecule has 1 atom stereocenters. The Bertz CT molecular complexity index is 221. The fourth-order valence-corrected chi connectivity index (χ4v) is 1.22. The lowest BCUT2D eigenvalue weighted by Gasteiger charge is -2.14. The van der Waals surface area contributed by atoms with E-state index in [1.54, 1.807) is 0 Å². The predicted molar refractivity (Wildman–Crippen MR) is 61.4 cm³/mol. The molecule has 0 aliphatic rings. The molecule has 0 radical (unpaired) electrons. The molecule has 0 rings (SSSR count). The summed E-state index contributed by atoms with van der Waals surface area (Å²) < 4.78 is 0. The van der Waals surface area contributed by atoms with Crippen LogP contribution < -0.4 is 16.0 Å². The van der Waals surface area contributed by atoms with Crippen LogP contribution in [0.25, 0.3) is 0 Å². The molecule has 0 fully saturated rings. The summed E-state index contributed by atoms with van der Waals surface area (Å²) in [6, 6.07) is -1.22. The van der Waals surface area contributed by atoms with Crippen LogP contribution in [-0.4, -0.2) is 43.3 Å². The second-order valence-corrected chi connectivity index (χ2v) is 3.54. The molecule has 16 heavy (non-hydrogen) atoms. The first-order chi connectivity index (χ1) is 7.61. The van der Waals surface area contributed by atoms with E-state index in [0.29, 0.717) is 13.0 Å². The summed E-state index contributed by atoms with van der Waals surface area (Å²) in [7, 11) is 1.84. The van der Waals surface area contributed by atoms with Gasteiger partial charge in [-0.15, -0.1) is 0 Å². The summed E-state index contributed by atoms with van der Waals surface area (Å²) in [6.45, 7) is 3.23. The highest BCUT2D eigenvalue weighted by Crippen LogP contribution is 1.96. The van der Waals surface area contributed by atoms with Gasteiger partial charge in [0, 0.05) is 6.54 Å². The Morgan fingerprint density at radius 2 is 2.00 bits per heavy atom. The molecule has 0 aliphatic heterocycles. The third kappa shape index (κ3) is 7.05. The van der Waals surface area contributed by atoms with Gasteiger partial charge < -0.3 is 21.1 Å². The van der Waals surface area contributed by atoms with Gasteiger partial charge in [-0.05, 0) is 26.4 Å². The minimum Gasteiger partial charge on any atom is -0.480 e. The predicted octanol–water partition coefficient (Wildman–Crippen LogP) is 0.148. The summed E-state index contributed by atoms with van der Waals surface area (Å²) >= 11 is 0. The van der Waals surface area contributed by atoms with E-state index in [0.717, 1.165) is 19.4 Å². The molecule has 6 nitrogen and oxygen atoms in total. The third-order valence-electron chi connectivity index (χ3n) is 2.07. The number of rotatable bonds is 8. The van der Waals surface area contributed by atoms with Crippen LogP contribution in [0, 0.1) is 0 Å². The Morgan fingerprint density at radius 3 is 2.50 bits per heavy atom. The van der Waals surface area contributed by atoms with Crippen molar-refractivity contribution in [3.63, 3.8) is 0 Å². The SMILES string of the molecule is CCCC(NC(=O)NCCCNC)C(=O)O. The molecule has 0 heterocycles. The van der Waals surface area contributed by atoms with Crippen LogP contribution in [0.1, 0.15) is 26.2 Å². The van der Waals surface area contributed by atoms with E-state index in [-0.39, 0.29) is 0 Å². The van der Waals surface area contributed by atoms with Crippen molar-refractivity contribution in [1.29, 1.82) is 0 Å². The fraction of sp³-hybridized carbons (Fsp3) is 0.800. The van der Waals surface area contributed by atoms with Gasteiger partial charge in [0.2, 0.25) is 0 Å². The molecule has 4 N–H and O–H groups in total. The van der Waals surface area contributed by atoms with Gasteiger partial charge in [0.1, 0.15) is 6.04 Å². The van der Waals surface area contributed by atoms with Crippen molar-refractivity contribution in [2.75, 3.05) is 20.1 Å². The molecule has 0 bridgehead atoms. The molecule has 0 aromatic rings. The van der Waals surface area contributed by atoms with Gasteiger partial charge in [0.15, 0.2) is 0 Å². The second kappa shape index (κ2) is 8.96. The van der Waals surface area contributed by atoms with E-state index >= 15 is 0 Å². The molecule has 1 unspecified atom stereocenters. The van der Waals surface area contributed by atoms with Crippen LogP contribution in [-0.2, 0) is 4.79 Å². The first-order valence-electron chi connectivity index (χ1n) is 5.53. The lowest BCUT2D eigenvalue weighted by atomic mass is 10.2. The van der Waals surface area contributed by atoms with Crippen molar-refractivity contribution in [2.45, 2.75) is 32.2 Å². The van der Waals surface area contributed by atoms with E-state index in [1.807, 2.05) is 14.0 Å².